The summed E-state index contributed by atoms with van der Waals surface area (Å²) in [6, 6.07) is 8.40. The van der Waals surface area contributed by atoms with Gasteiger partial charge in [0, 0.05) is 19.5 Å². The van der Waals surface area contributed by atoms with Crippen molar-refractivity contribution in [2.24, 2.45) is 0 Å². The number of likely N-dealkylation sites (tertiary alicyclic amines) is 1. The Bertz CT molecular complexity index is 640. The highest BCUT2D eigenvalue weighted by atomic mass is 16.5. The lowest BCUT2D eigenvalue weighted by atomic mass is 10.1. The fourth-order valence-corrected chi connectivity index (χ4v) is 3.01. The van der Waals surface area contributed by atoms with Crippen LogP contribution in [0.15, 0.2) is 30.6 Å². The Labute approximate surface area is 148 Å². The minimum Gasteiger partial charge on any atom is -0.494 e. The van der Waals surface area contributed by atoms with Crippen LogP contribution < -0.4 is 10.2 Å². The highest BCUT2D eigenvalue weighted by molar-refractivity contribution is 5.28. The van der Waals surface area contributed by atoms with Gasteiger partial charge in [-0.1, -0.05) is 18.6 Å². The van der Waals surface area contributed by atoms with E-state index < -0.39 is 0 Å². The second-order valence-electron chi connectivity index (χ2n) is 6.36. The lowest BCUT2D eigenvalue weighted by Crippen LogP contribution is -2.29. The highest BCUT2D eigenvalue weighted by Crippen LogP contribution is 2.17. The average Bonchev–Trinajstić information content (AvgIpc) is 3.11. The third-order valence-corrected chi connectivity index (χ3v) is 4.30. The summed E-state index contributed by atoms with van der Waals surface area (Å²) in [5, 5.41) is 13.0. The van der Waals surface area contributed by atoms with Gasteiger partial charge in [0.2, 0.25) is 0 Å². The summed E-state index contributed by atoms with van der Waals surface area (Å²) in [6.45, 7) is 4.64. The molecule has 25 heavy (non-hydrogen) atoms. The summed E-state index contributed by atoms with van der Waals surface area (Å²) >= 11 is 0. The predicted octanol–water partition coefficient (Wildman–Crippen LogP) is 1.77. The highest BCUT2D eigenvalue weighted by Gasteiger charge is 2.10. The molecule has 3 rings (SSSR count). The van der Waals surface area contributed by atoms with Gasteiger partial charge in [0.25, 0.3) is 0 Å². The summed E-state index contributed by atoms with van der Waals surface area (Å²) in [7, 11) is 0. The van der Waals surface area contributed by atoms with Crippen LogP contribution in [-0.4, -0.2) is 51.1 Å². The first-order chi connectivity index (χ1) is 12.3. The zero-order valence-corrected chi connectivity index (χ0v) is 14.6. The number of nitrogens with zero attached hydrogens (tertiary/aromatic N) is 4. The van der Waals surface area contributed by atoms with Crippen molar-refractivity contribution in [1.29, 1.82) is 0 Å². The lowest BCUT2D eigenvalue weighted by molar-refractivity contribution is 0.220. The molecule has 0 radical (unpaired) electrons. The molecular weight excluding hydrogens is 318 g/mol. The number of hydrogen-bond donors (Lipinski definition) is 2. The smallest absolute Gasteiger partial charge is 0.178 e. The summed E-state index contributed by atoms with van der Waals surface area (Å²) in [5.74, 6) is 1.34. The Morgan fingerprint density at radius 1 is 1.20 bits per heavy atom. The molecule has 2 aromatic rings. The van der Waals surface area contributed by atoms with Gasteiger partial charge in [-0.2, -0.15) is 4.79 Å². The van der Waals surface area contributed by atoms with E-state index in [4.69, 9.17) is 9.84 Å². The van der Waals surface area contributed by atoms with Crippen molar-refractivity contribution in [1.82, 2.24) is 19.8 Å². The van der Waals surface area contributed by atoms with Crippen molar-refractivity contribution in [3.05, 3.63) is 42.0 Å². The lowest BCUT2D eigenvalue weighted by Gasteiger charge is -2.26. The molecule has 7 nitrogen and oxygen atoms in total. The third-order valence-electron chi connectivity index (χ3n) is 4.30. The van der Waals surface area contributed by atoms with Crippen molar-refractivity contribution in [2.75, 3.05) is 31.7 Å². The van der Waals surface area contributed by atoms with E-state index in [-0.39, 0.29) is 6.61 Å². The Hall–Kier alpha value is -2.12. The normalized spacial score (nSPS) is 15.2. The molecule has 0 unspecified atom stereocenters. The standard InChI is InChI=1S/C18H27N5O2/c24-14-18-19-15-23(21-18)20-8-5-11-25-17-7-4-6-16(12-17)13-22-9-2-1-3-10-22/h4,6-7,12,15,20,24H,1-3,5,8-11,13-14H2. The molecule has 7 heteroatoms. The number of ether oxygens (including phenoxy) is 1. The molecule has 1 aliphatic rings. The van der Waals surface area contributed by atoms with Crippen molar-refractivity contribution >= 4 is 0 Å². The van der Waals surface area contributed by atoms with E-state index in [2.05, 4.69) is 38.6 Å². The van der Waals surface area contributed by atoms with E-state index in [1.807, 2.05) is 6.07 Å². The first kappa shape index (κ1) is 17.7. The molecule has 0 aliphatic carbocycles. The van der Waals surface area contributed by atoms with E-state index in [0.717, 1.165) is 25.3 Å². The van der Waals surface area contributed by atoms with Gasteiger partial charge in [-0.25, -0.2) is 4.98 Å². The molecule has 1 aromatic carbocycles. The van der Waals surface area contributed by atoms with Crippen molar-refractivity contribution in [2.45, 2.75) is 38.8 Å². The van der Waals surface area contributed by atoms with Gasteiger partial charge in [-0.05, 0) is 43.6 Å². The zero-order chi connectivity index (χ0) is 17.3. The topological polar surface area (TPSA) is 75.4 Å². The first-order valence-electron chi connectivity index (χ1n) is 9.03. The van der Waals surface area contributed by atoms with Crippen molar-refractivity contribution in [3.63, 3.8) is 0 Å². The second kappa shape index (κ2) is 9.39. The van der Waals surface area contributed by atoms with Crippen LogP contribution in [0.3, 0.4) is 0 Å². The number of nitrogens with one attached hydrogen (secondary N) is 1. The summed E-state index contributed by atoms with van der Waals surface area (Å²) in [6.07, 6.45) is 6.40. The van der Waals surface area contributed by atoms with Crippen LogP contribution in [0.5, 0.6) is 5.75 Å². The van der Waals surface area contributed by atoms with E-state index in [1.54, 1.807) is 6.33 Å². The molecule has 1 aromatic heterocycles. The monoisotopic (exact) mass is 345 g/mol. The first-order valence-corrected chi connectivity index (χ1v) is 9.03. The van der Waals surface area contributed by atoms with Crippen LogP contribution in [0, 0.1) is 0 Å². The average molecular weight is 345 g/mol. The van der Waals surface area contributed by atoms with Crippen molar-refractivity contribution < 1.29 is 9.84 Å². The summed E-state index contributed by atoms with van der Waals surface area (Å²) in [5.41, 5.74) is 4.41. The number of hydrogen-bond acceptors (Lipinski definition) is 6. The van der Waals surface area contributed by atoms with Crippen LogP contribution >= 0.6 is 0 Å². The SMILES string of the molecule is OCc1ncn(NCCCOc2cccc(CN3CCCCC3)c2)n1. The molecule has 0 atom stereocenters. The maximum Gasteiger partial charge on any atom is 0.178 e. The number of aliphatic hydroxyl groups is 1. The maximum atomic E-state index is 8.92. The second-order valence-corrected chi connectivity index (χ2v) is 6.36. The van der Waals surface area contributed by atoms with Crippen LogP contribution in [0.25, 0.3) is 0 Å². The zero-order valence-electron chi connectivity index (χ0n) is 14.6. The molecule has 136 valence electrons. The molecule has 1 saturated heterocycles. The van der Waals surface area contributed by atoms with E-state index in [1.165, 1.54) is 42.7 Å². The Balaban J connectivity index is 1.37. The number of benzene rings is 1. The fourth-order valence-electron chi connectivity index (χ4n) is 3.01. The largest absolute Gasteiger partial charge is 0.494 e. The molecular formula is C18H27N5O2. The molecule has 0 bridgehead atoms. The molecule has 2 N–H and O–H groups in total. The number of aromatic nitrogens is 3. The van der Waals surface area contributed by atoms with Gasteiger partial charge in [0.1, 0.15) is 18.7 Å². The van der Waals surface area contributed by atoms with Crippen LogP contribution in [0.4, 0.5) is 0 Å². The third kappa shape index (κ3) is 5.72. The molecule has 1 aliphatic heterocycles. The van der Waals surface area contributed by atoms with Crippen LogP contribution in [0.2, 0.25) is 0 Å². The summed E-state index contributed by atoms with van der Waals surface area (Å²) in [4.78, 5) is 7.98. The Kier molecular flexibility index (Phi) is 6.64. The van der Waals surface area contributed by atoms with Crippen LogP contribution in [0.1, 0.15) is 37.1 Å². The van der Waals surface area contributed by atoms with E-state index in [0.29, 0.717) is 12.4 Å². The van der Waals surface area contributed by atoms with Crippen molar-refractivity contribution in [3.8, 4) is 5.75 Å². The Morgan fingerprint density at radius 3 is 2.88 bits per heavy atom. The summed E-state index contributed by atoms with van der Waals surface area (Å²) < 4.78 is 5.86. The minimum absolute atomic E-state index is 0.147. The van der Waals surface area contributed by atoms with Gasteiger partial charge < -0.3 is 15.3 Å². The molecule has 0 spiro atoms. The van der Waals surface area contributed by atoms with E-state index >= 15 is 0 Å². The van der Waals surface area contributed by atoms with Gasteiger partial charge >= 0.3 is 0 Å². The predicted molar refractivity (Wildman–Crippen MR) is 95.9 cm³/mol. The van der Waals surface area contributed by atoms with Gasteiger partial charge in [0.15, 0.2) is 5.82 Å². The number of rotatable bonds is 9. The number of piperidine rings is 1. The Morgan fingerprint density at radius 2 is 2.08 bits per heavy atom. The van der Waals surface area contributed by atoms with Gasteiger partial charge in [0.05, 0.1) is 6.61 Å². The quantitative estimate of drug-likeness (QED) is 0.675. The number of aliphatic hydroxyl groups excluding tert-OH is 1. The molecule has 2 heterocycles. The van der Waals surface area contributed by atoms with Gasteiger partial charge in [-0.15, -0.1) is 5.10 Å². The van der Waals surface area contributed by atoms with Crippen LogP contribution in [-0.2, 0) is 13.2 Å². The molecule has 0 amide bonds. The molecule has 1 fully saturated rings. The maximum absolute atomic E-state index is 8.92. The fraction of sp³-hybridized carbons (Fsp3) is 0.556. The van der Waals surface area contributed by atoms with Gasteiger partial charge in [-0.3, -0.25) is 4.90 Å². The minimum atomic E-state index is -0.147. The van der Waals surface area contributed by atoms with E-state index in [9.17, 15) is 0 Å². The molecule has 0 saturated carbocycles.